The number of carboxylic acids is 2. The molecule has 0 aromatic carbocycles. The van der Waals surface area contributed by atoms with Gasteiger partial charge in [-0.05, 0) is 32.6 Å². The Morgan fingerprint density at radius 3 is 2.48 bits per heavy atom. The number of ether oxygens (including phenoxy) is 1. The SMILES string of the molecule is C[C@@H](O)[C@H]1C(=O)N2C(C(=O)O)=C([C@H]3CCCO3)S[C@H]12.O=C(O)C1=CCC2CCN12. The number of fused-ring (bicyclic) bond motifs is 2. The van der Waals surface area contributed by atoms with Crippen LogP contribution in [0.2, 0.25) is 0 Å². The van der Waals surface area contributed by atoms with Gasteiger partial charge in [0.15, 0.2) is 0 Å². The van der Waals surface area contributed by atoms with E-state index in [1.807, 2.05) is 11.0 Å². The van der Waals surface area contributed by atoms with E-state index in [9.17, 15) is 24.6 Å². The van der Waals surface area contributed by atoms with Crippen molar-refractivity contribution in [2.75, 3.05) is 13.2 Å². The van der Waals surface area contributed by atoms with Crippen molar-refractivity contribution >= 4 is 29.6 Å². The molecule has 5 rings (SSSR count). The molecule has 5 aliphatic rings. The van der Waals surface area contributed by atoms with E-state index in [0.717, 1.165) is 32.2 Å². The van der Waals surface area contributed by atoms with Crippen molar-refractivity contribution in [2.45, 2.75) is 56.2 Å². The molecule has 3 fully saturated rings. The first-order valence-corrected chi connectivity index (χ1v) is 10.7. The molecule has 9 nitrogen and oxygen atoms in total. The van der Waals surface area contributed by atoms with Crippen LogP contribution in [-0.4, -0.2) is 79.7 Å². The Labute approximate surface area is 172 Å². The maximum absolute atomic E-state index is 12.0. The van der Waals surface area contributed by atoms with Crippen LogP contribution in [0.1, 0.15) is 32.6 Å². The third-order valence-electron chi connectivity index (χ3n) is 6.01. The number of amides is 1. The number of hydrogen-bond acceptors (Lipinski definition) is 7. The normalized spacial score (nSPS) is 33.2. The summed E-state index contributed by atoms with van der Waals surface area (Å²) in [6.45, 7) is 3.12. The zero-order valence-electron chi connectivity index (χ0n) is 16.0. The lowest BCUT2D eigenvalue weighted by atomic mass is 9.92. The molecule has 5 heterocycles. The second kappa shape index (κ2) is 7.66. The van der Waals surface area contributed by atoms with Gasteiger partial charge in [-0.2, -0.15) is 0 Å². The molecule has 0 saturated carbocycles. The first-order valence-electron chi connectivity index (χ1n) is 9.78. The highest BCUT2D eigenvalue weighted by Crippen LogP contribution is 2.52. The van der Waals surface area contributed by atoms with Crippen LogP contribution in [-0.2, 0) is 19.1 Å². The van der Waals surface area contributed by atoms with Gasteiger partial charge in [0.2, 0.25) is 5.91 Å². The van der Waals surface area contributed by atoms with Gasteiger partial charge in [-0.25, -0.2) is 9.59 Å². The van der Waals surface area contributed by atoms with Gasteiger partial charge in [-0.15, -0.1) is 0 Å². The van der Waals surface area contributed by atoms with E-state index in [-0.39, 0.29) is 23.1 Å². The van der Waals surface area contributed by atoms with Gasteiger partial charge in [0.05, 0.1) is 18.1 Å². The smallest absolute Gasteiger partial charge is 0.353 e. The number of β-lactam (4-membered cyclic amide) rings is 1. The Bertz CT molecular complexity index is 802. The quantitative estimate of drug-likeness (QED) is 0.562. The molecule has 0 bridgehead atoms. The van der Waals surface area contributed by atoms with Crippen LogP contribution >= 0.6 is 11.8 Å². The minimum atomic E-state index is -1.10. The molecule has 10 heteroatoms. The van der Waals surface area contributed by atoms with Gasteiger partial charge in [0.1, 0.15) is 16.8 Å². The maximum Gasteiger partial charge on any atom is 0.353 e. The molecule has 29 heavy (non-hydrogen) atoms. The minimum absolute atomic E-state index is 0.0452. The zero-order valence-corrected chi connectivity index (χ0v) is 16.8. The topological polar surface area (TPSA) is 128 Å². The van der Waals surface area contributed by atoms with Crippen molar-refractivity contribution in [3.05, 3.63) is 22.4 Å². The molecule has 1 amide bonds. The number of carbonyl (C=O) groups excluding carboxylic acids is 1. The molecule has 5 atom stereocenters. The average molecular weight is 424 g/mol. The Hall–Kier alpha value is -2.04. The summed E-state index contributed by atoms with van der Waals surface area (Å²) in [6.07, 6.45) is 4.62. The number of nitrogens with zero attached hydrogens (tertiary/aromatic N) is 2. The Balaban J connectivity index is 0.000000171. The van der Waals surface area contributed by atoms with Gasteiger partial charge < -0.3 is 25.0 Å². The average Bonchev–Trinajstić information content (AvgIpc) is 3.31. The van der Waals surface area contributed by atoms with Crippen molar-refractivity contribution in [1.29, 1.82) is 0 Å². The summed E-state index contributed by atoms with van der Waals surface area (Å²) in [6, 6.07) is 0.520. The molecule has 5 aliphatic heterocycles. The van der Waals surface area contributed by atoms with E-state index in [4.69, 9.17) is 9.84 Å². The van der Waals surface area contributed by atoms with Crippen LogP contribution in [0.25, 0.3) is 0 Å². The van der Waals surface area contributed by atoms with E-state index in [1.165, 1.54) is 16.7 Å². The van der Waals surface area contributed by atoms with Crippen LogP contribution in [0, 0.1) is 5.92 Å². The lowest BCUT2D eigenvalue weighted by molar-refractivity contribution is -0.156. The number of aliphatic hydroxyl groups excluding tert-OH is 1. The molecular weight excluding hydrogens is 400 g/mol. The van der Waals surface area contributed by atoms with E-state index < -0.39 is 24.0 Å². The number of aliphatic carboxylic acids is 2. The van der Waals surface area contributed by atoms with Gasteiger partial charge in [-0.3, -0.25) is 9.69 Å². The number of carboxylic acid groups (broad SMARTS) is 2. The van der Waals surface area contributed by atoms with Crippen molar-refractivity contribution in [3.63, 3.8) is 0 Å². The predicted octanol–water partition coefficient (Wildman–Crippen LogP) is 0.807. The third kappa shape index (κ3) is 3.32. The molecule has 0 radical (unpaired) electrons. The molecule has 0 spiro atoms. The fourth-order valence-corrected chi connectivity index (χ4v) is 6.10. The standard InChI is InChI=1S/C12H15NO5S.C7H9NO2/c1-5(14)7-10(15)13-8(12(16)17)9(19-11(7)13)6-3-2-4-18-6;9-7(10)6-2-1-5-3-4-8(5)6/h5-7,11,14H,2-4H2,1H3,(H,16,17);2,5H,1,3-4H2,(H,9,10)/t5-,6-,7+,11-;/m1./s1. The summed E-state index contributed by atoms with van der Waals surface area (Å²) >= 11 is 1.35. The number of rotatable bonds is 4. The van der Waals surface area contributed by atoms with Gasteiger partial charge in [0.25, 0.3) is 0 Å². The number of carbonyl (C=O) groups is 3. The molecule has 158 valence electrons. The summed E-state index contributed by atoms with van der Waals surface area (Å²) in [7, 11) is 0. The maximum atomic E-state index is 12.0. The van der Waals surface area contributed by atoms with Gasteiger partial charge in [-0.1, -0.05) is 17.8 Å². The number of thioether (sulfide) groups is 1. The molecule has 0 aromatic rings. The second-order valence-corrected chi connectivity index (χ2v) is 8.93. The Morgan fingerprint density at radius 2 is 2.03 bits per heavy atom. The van der Waals surface area contributed by atoms with Crippen LogP contribution in [0.4, 0.5) is 0 Å². The molecule has 1 unspecified atom stereocenters. The summed E-state index contributed by atoms with van der Waals surface area (Å²) < 4.78 is 5.53. The largest absolute Gasteiger partial charge is 0.477 e. The van der Waals surface area contributed by atoms with Crippen molar-refractivity contribution < 1.29 is 34.4 Å². The summed E-state index contributed by atoms with van der Waals surface area (Å²) in [4.78, 5) is 37.7. The molecule has 0 aromatic heterocycles. The fraction of sp³-hybridized carbons (Fsp3) is 0.632. The van der Waals surface area contributed by atoms with Crippen LogP contribution in [0.15, 0.2) is 22.4 Å². The molecule has 0 aliphatic carbocycles. The highest BCUT2D eigenvalue weighted by molar-refractivity contribution is 8.04. The molecular formula is C19H24N2O7S. The van der Waals surface area contributed by atoms with E-state index in [0.29, 0.717) is 23.3 Å². The zero-order chi connectivity index (χ0) is 20.9. The predicted molar refractivity (Wildman–Crippen MR) is 102 cm³/mol. The summed E-state index contributed by atoms with van der Waals surface area (Å²) in [5.74, 6) is -2.70. The fourth-order valence-electron chi connectivity index (χ4n) is 4.40. The van der Waals surface area contributed by atoms with Crippen molar-refractivity contribution in [1.82, 2.24) is 9.80 Å². The Morgan fingerprint density at radius 1 is 1.28 bits per heavy atom. The highest BCUT2D eigenvalue weighted by atomic mass is 32.2. The third-order valence-corrected chi connectivity index (χ3v) is 7.46. The first kappa shape index (κ1) is 20.2. The van der Waals surface area contributed by atoms with E-state index in [2.05, 4.69) is 0 Å². The van der Waals surface area contributed by atoms with E-state index in [1.54, 1.807) is 6.92 Å². The molecule has 3 N–H and O–H groups in total. The first-order chi connectivity index (χ1) is 13.8. The Kier molecular flexibility index (Phi) is 5.34. The van der Waals surface area contributed by atoms with Crippen LogP contribution < -0.4 is 0 Å². The second-order valence-electron chi connectivity index (χ2n) is 7.77. The summed E-state index contributed by atoms with van der Waals surface area (Å²) in [5.41, 5.74) is 0.556. The van der Waals surface area contributed by atoms with Crippen molar-refractivity contribution in [3.8, 4) is 0 Å². The lowest BCUT2D eigenvalue weighted by Gasteiger charge is -2.43. The monoisotopic (exact) mass is 424 g/mol. The highest BCUT2D eigenvalue weighted by Gasteiger charge is 2.58. The van der Waals surface area contributed by atoms with Gasteiger partial charge in [0, 0.05) is 24.1 Å². The minimum Gasteiger partial charge on any atom is -0.477 e. The number of aliphatic hydroxyl groups is 1. The summed E-state index contributed by atoms with van der Waals surface area (Å²) in [5, 5.41) is 27.3. The van der Waals surface area contributed by atoms with Crippen molar-refractivity contribution in [2.24, 2.45) is 5.92 Å². The van der Waals surface area contributed by atoms with Crippen LogP contribution in [0.5, 0.6) is 0 Å². The van der Waals surface area contributed by atoms with E-state index >= 15 is 0 Å². The number of hydrogen-bond donors (Lipinski definition) is 3. The van der Waals surface area contributed by atoms with Crippen LogP contribution in [0.3, 0.4) is 0 Å². The van der Waals surface area contributed by atoms with Gasteiger partial charge >= 0.3 is 11.9 Å². The molecule has 3 saturated heterocycles. The lowest BCUT2D eigenvalue weighted by Crippen LogP contribution is -2.60.